The molecule has 3 nitrogen and oxygen atoms in total. The van der Waals surface area contributed by atoms with Gasteiger partial charge in [0.15, 0.2) is 0 Å². The van der Waals surface area contributed by atoms with Crippen LogP contribution in [0, 0.1) is 11.8 Å². The fourth-order valence-corrected chi connectivity index (χ4v) is 1.15. The predicted octanol–water partition coefficient (Wildman–Crippen LogP) is 1.28. The summed E-state index contributed by atoms with van der Waals surface area (Å²) in [4.78, 5) is 23.3. The zero-order valence-corrected chi connectivity index (χ0v) is 8.42. The highest BCUT2D eigenvalue weighted by Crippen LogP contribution is 2.23. The molecule has 0 aliphatic carbocycles. The van der Waals surface area contributed by atoms with E-state index in [1.165, 1.54) is 11.9 Å². The molecule has 70 valence electrons. The second kappa shape index (κ2) is 4.24. The van der Waals surface area contributed by atoms with Gasteiger partial charge in [-0.25, -0.2) is 0 Å². The Kier molecular flexibility index (Phi) is 3.93. The van der Waals surface area contributed by atoms with Gasteiger partial charge in [-0.05, 0) is 0 Å². The summed E-state index contributed by atoms with van der Waals surface area (Å²) in [6, 6.07) is 0. The molecule has 3 heteroatoms. The fourth-order valence-electron chi connectivity index (χ4n) is 1.15. The first-order valence-corrected chi connectivity index (χ1v) is 4.37. The molecule has 0 N–H and O–H groups in total. The van der Waals surface area contributed by atoms with Crippen molar-refractivity contribution >= 4 is 11.8 Å². The summed E-state index contributed by atoms with van der Waals surface area (Å²) in [7, 11) is 1.53. The minimum absolute atomic E-state index is 0.0579. The monoisotopic (exact) mass is 171 g/mol. The average molecular weight is 171 g/mol. The molecule has 0 spiro atoms. The van der Waals surface area contributed by atoms with Crippen molar-refractivity contribution in [2.75, 3.05) is 7.05 Å². The molecule has 0 aromatic rings. The van der Waals surface area contributed by atoms with E-state index in [1.54, 1.807) is 13.8 Å². The van der Waals surface area contributed by atoms with Crippen LogP contribution in [-0.2, 0) is 9.59 Å². The number of hydrogen-bond donors (Lipinski definition) is 0. The zero-order valence-electron chi connectivity index (χ0n) is 8.42. The van der Waals surface area contributed by atoms with Gasteiger partial charge in [0.2, 0.25) is 11.8 Å². The summed E-state index contributed by atoms with van der Waals surface area (Å²) in [6.45, 7) is 7.57. The lowest BCUT2D eigenvalue weighted by Gasteiger charge is -2.03. The van der Waals surface area contributed by atoms with Crippen LogP contribution < -0.4 is 0 Å². The molecule has 0 radical (unpaired) electrons. The maximum Gasteiger partial charge on any atom is 0.232 e. The van der Waals surface area contributed by atoms with Crippen molar-refractivity contribution in [1.29, 1.82) is 0 Å². The number of hydrogen-bond acceptors (Lipinski definition) is 2. The first kappa shape index (κ1) is 11.1. The van der Waals surface area contributed by atoms with E-state index >= 15 is 0 Å². The Labute approximate surface area is 73.7 Å². The molecule has 1 fully saturated rings. The van der Waals surface area contributed by atoms with E-state index in [1.807, 2.05) is 13.8 Å². The van der Waals surface area contributed by atoms with Crippen LogP contribution in [-0.4, -0.2) is 23.8 Å². The molecule has 1 heterocycles. The predicted molar refractivity (Wildman–Crippen MR) is 47.5 cm³/mol. The Morgan fingerprint density at radius 3 is 1.33 bits per heavy atom. The standard InChI is InChI=1S/C7H11NO2.C2H6/c1-4-5(2)7(10)8(3)6(4)9;1-2/h4-5H,1-3H3;1-2H3. The summed E-state index contributed by atoms with van der Waals surface area (Å²) < 4.78 is 0. The van der Waals surface area contributed by atoms with Gasteiger partial charge < -0.3 is 0 Å². The van der Waals surface area contributed by atoms with Crippen LogP contribution in [0.15, 0.2) is 0 Å². The number of rotatable bonds is 0. The van der Waals surface area contributed by atoms with Crippen molar-refractivity contribution in [2.24, 2.45) is 11.8 Å². The summed E-state index contributed by atoms with van der Waals surface area (Å²) in [6.07, 6.45) is 0. The lowest BCUT2D eigenvalue weighted by atomic mass is 10.00. The van der Waals surface area contributed by atoms with E-state index in [0.29, 0.717) is 0 Å². The van der Waals surface area contributed by atoms with Gasteiger partial charge in [0, 0.05) is 18.9 Å². The Morgan fingerprint density at radius 2 is 1.25 bits per heavy atom. The van der Waals surface area contributed by atoms with Crippen LogP contribution in [0.2, 0.25) is 0 Å². The topological polar surface area (TPSA) is 37.4 Å². The van der Waals surface area contributed by atoms with Gasteiger partial charge in [0.25, 0.3) is 0 Å². The molecule has 1 aliphatic heterocycles. The number of likely N-dealkylation sites (tertiary alicyclic amines) is 1. The van der Waals surface area contributed by atoms with E-state index in [9.17, 15) is 9.59 Å². The highest BCUT2D eigenvalue weighted by molar-refractivity contribution is 6.04. The van der Waals surface area contributed by atoms with E-state index in [2.05, 4.69) is 0 Å². The summed E-state index contributed by atoms with van der Waals surface area (Å²) in [5, 5.41) is 0. The van der Waals surface area contributed by atoms with Crippen LogP contribution in [0.4, 0.5) is 0 Å². The first-order chi connectivity index (χ1) is 5.55. The molecule has 2 atom stereocenters. The molecule has 1 rings (SSSR count). The Balaban J connectivity index is 0.000000561. The summed E-state index contributed by atoms with van der Waals surface area (Å²) >= 11 is 0. The molecule has 0 aromatic carbocycles. The van der Waals surface area contributed by atoms with Crippen molar-refractivity contribution in [3.05, 3.63) is 0 Å². The smallest absolute Gasteiger partial charge is 0.232 e. The molecule has 1 aliphatic rings. The minimum atomic E-state index is -0.127. The first-order valence-electron chi connectivity index (χ1n) is 4.37. The number of amides is 2. The third-order valence-corrected chi connectivity index (χ3v) is 2.19. The molecule has 0 bridgehead atoms. The molecule has 1 saturated heterocycles. The Bertz CT molecular complexity index is 169. The van der Waals surface area contributed by atoms with Gasteiger partial charge in [-0.15, -0.1) is 0 Å². The van der Waals surface area contributed by atoms with Crippen LogP contribution in [0.1, 0.15) is 27.7 Å². The molecule has 0 saturated carbocycles. The SMILES string of the molecule is CC.CC1C(=O)N(C)C(=O)C1C. The third kappa shape index (κ3) is 1.65. The van der Waals surface area contributed by atoms with Crippen LogP contribution in [0.5, 0.6) is 0 Å². The average Bonchev–Trinajstić information content (AvgIpc) is 2.27. The van der Waals surface area contributed by atoms with E-state index in [4.69, 9.17) is 0 Å². The molecule has 2 amide bonds. The normalized spacial score (nSPS) is 28.6. The number of imide groups is 1. The molecule has 12 heavy (non-hydrogen) atoms. The molecular formula is C9H17NO2. The van der Waals surface area contributed by atoms with Crippen molar-refractivity contribution in [1.82, 2.24) is 4.90 Å². The third-order valence-electron chi connectivity index (χ3n) is 2.19. The largest absolute Gasteiger partial charge is 0.285 e. The molecule has 0 aromatic heterocycles. The second-order valence-electron chi connectivity index (χ2n) is 2.81. The number of nitrogens with zero attached hydrogens (tertiary/aromatic N) is 1. The highest BCUT2D eigenvalue weighted by atomic mass is 16.2. The van der Waals surface area contributed by atoms with Gasteiger partial charge in [0.1, 0.15) is 0 Å². The molecular weight excluding hydrogens is 154 g/mol. The van der Waals surface area contributed by atoms with Crippen LogP contribution in [0.3, 0.4) is 0 Å². The Hall–Kier alpha value is -0.860. The summed E-state index contributed by atoms with van der Waals surface area (Å²) in [5.74, 6) is -0.370. The van der Waals surface area contributed by atoms with E-state index in [-0.39, 0.29) is 23.7 Å². The lowest BCUT2D eigenvalue weighted by Crippen LogP contribution is -2.25. The van der Waals surface area contributed by atoms with Gasteiger partial charge in [-0.3, -0.25) is 14.5 Å². The van der Waals surface area contributed by atoms with Crippen molar-refractivity contribution in [3.8, 4) is 0 Å². The second-order valence-corrected chi connectivity index (χ2v) is 2.81. The highest BCUT2D eigenvalue weighted by Gasteiger charge is 2.39. The van der Waals surface area contributed by atoms with Gasteiger partial charge in [-0.2, -0.15) is 0 Å². The lowest BCUT2D eigenvalue weighted by molar-refractivity contribution is -0.138. The van der Waals surface area contributed by atoms with E-state index < -0.39 is 0 Å². The fraction of sp³-hybridized carbons (Fsp3) is 0.778. The number of carbonyl (C=O) groups is 2. The minimum Gasteiger partial charge on any atom is -0.285 e. The maximum absolute atomic E-state index is 11.0. The van der Waals surface area contributed by atoms with Gasteiger partial charge >= 0.3 is 0 Å². The Morgan fingerprint density at radius 1 is 1.00 bits per heavy atom. The zero-order chi connectivity index (χ0) is 9.89. The van der Waals surface area contributed by atoms with Crippen molar-refractivity contribution in [2.45, 2.75) is 27.7 Å². The van der Waals surface area contributed by atoms with Gasteiger partial charge in [-0.1, -0.05) is 27.7 Å². The van der Waals surface area contributed by atoms with Crippen LogP contribution in [0.25, 0.3) is 0 Å². The summed E-state index contributed by atoms with van der Waals surface area (Å²) in [5.41, 5.74) is 0. The quantitative estimate of drug-likeness (QED) is 0.515. The van der Waals surface area contributed by atoms with E-state index in [0.717, 1.165) is 0 Å². The van der Waals surface area contributed by atoms with Gasteiger partial charge in [0.05, 0.1) is 0 Å². The number of carbonyl (C=O) groups excluding carboxylic acids is 2. The van der Waals surface area contributed by atoms with Crippen molar-refractivity contribution in [3.63, 3.8) is 0 Å². The van der Waals surface area contributed by atoms with Crippen molar-refractivity contribution < 1.29 is 9.59 Å². The maximum atomic E-state index is 11.0. The van der Waals surface area contributed by atoms with Crippen LogP contribution >= 0.6 is 0 Å². The molecule has 2 unspecified atom stereocenters.